The molecular formula is C9H9ClN2O3. The molecule has 0 aliphatic rings. The van der Waals surface area contributed by atoms with Gasteiger partial charge in [0.15, 0.2) is 0 Å². The van der Waals surface area contributed by atoms with Crippen LogP contribution in [-0.2, 0) is 11.2 Å². The van der Waals surface area contributed by atoms with Crippen molar-refractivity contribution in [2.24, 2.45) is 5.73 Å². The molecule has 1 rings (SSSR count). The highest BCUT2D eigenvalue weighted by atomic mass is 35.5. The lowest BCUT2D eigenvalue weighted by atomic mass is 10.1. The number of carbonyl (C=O) groups excluding carboxylic acids is 1. The molecule has 0 aliphatic carbocycles. The molecule has 0 spiro atoms. The predicted molar refractivity (Wildman–Crippen MR) is 56.0 cm³/mol. The Morgan fingerprint density at radius 2 is 2.13 bits per heavy atom. The van der Waals surface area contributed by atoms with Crippen LogP contribution < -0.4 is 11.1 Å². The largest absolute Gasteiger partial charge is 0.481 e. The van der Waals surface area contributed by atoms with Crippen LogP contribution in [0.2, 0.25) is 5.02 Å². The first-order chi connectivity index (χ1) is 6.99. The summed E-state index contributed by atoms with van der Waals surface area (Å²) in [6, 6.07) is 3.77. The average Bonchev–Trinajstić information content (AvgIpc) is 2.08. The van der Waals surface area contributed by atoms with Crippen molar-refractivity contribution in [1.82, 2.24) is 0 Å². The van der Waals surface area contributed by atoms with Crippen LogP contribution >= 0.6 is 11.6 Å². The molecule has 6 heteroatoms. The zero-order valence-corrected chi connectivity index (χ0v) is 8.41. The highest BCUT2D eigenvalue weighted by molar-refractivity contribution is 6.31. The molecule has 80 valence electrons. The van der Waals surface area contributed by atoms with Crippen LogP contribution in [0, 0.1) is 0 Å². The van der Waals surface area contributed by atoms with E-state index in [0.717, 1.165) is 0 Å². The molecule has 0 aliphatic heterocycles. The van der Waals surface area contributed by atoms with Crippen molar-refractivity contribution in [3.8, 4) is 0 Å². The first-order valence-electron chi connectivity index (χ1n) is 4.05. The summed E-state index contributed by atoms with van der Waals surface area (Å²) in [6.07, 6.45) is -0.202. The molecule has 5 nitrogen and oxygen atoms in total. The van der Waals surface area contributed by atoms with Gasteiger partial charge in [-0.25, -0.2) is 4.79 Å². The van der Waals surface area contributed by atoms with Gasteiger partial charge in [0.1, 0.15) is 0 Å². The Hall–Kier alpha value is -1.75. The monoisotopic (exact) mass is 228 g/mol. The molecule has 0 saturated carbocycles. The van der Waals surface area contributed by atoms with Crippen molar-refractivity contribution in [3.05, 3.63) is 28.8 Å². The van der Waals surface area contributed by atoms with Gasteiger partial charge < -0.3 is 16.2 Å². The summed E-state index contributed by atoms with van der Waals surface area (Å²) in [5.74, 6) is -0.996. The predicted octanol–water partition coefficient (Wildman–Crippen LogP) is 1.46. The molecule has 0 fully saturated rings. The number of hydrogen-bond acceptors (Lipinski definition) is 2. The van der Waals surface area contributed by atoms with E-state index in [1.54, 1.807) is 6.07 Å². The topological polar surface area (TPSA) is 92.4 Å². The average molecular weight is 229 g/mol. The Bertz CT molecular complexity index is 406. The molecule has 4 N–H and O–H groups in total. The van der Waals surface area contributed by atoms with Gasteiger partial charge in [-0.3, -0.25) is 4.79 Å². The van der Waals surface area contributed by atoms with E-state index in [9.17, 15) is 9.59 Å². The van der Waals surface area contributed by atoms with Gasteiger partial charge in [0.2, 0.25) is 0 Å². The smallest absolute Gasteiger partial charge is 0.316 e. The third kappa shape index (κ3) is 3.47. The maximum absolute atomic E-state index is 10.6. The number of aliphatic carboxylic acids is 1. The Balaban J connectivity index is 3.02. The lowest BCUT2D eigenvalue weighted by Crippen LogP contribution is -2.20. The van der Waals surface area contributed by atoms with E-state index in [2.05, 4.69) is 5.32 Å². The third-order valence-electron chi connectivity index (χ3n) is 1.67. The van der Waals surface area contributed by atoms with E-state index in [0.29, 0.717) is 16.3 Å². The number of carbonyl (C=O) groups is 2. The van der Waals surface area contributed by atoms with E-state index in [-0.39, 0.29) is 6.42 Å². The Labute approximate surface area is 90.8 Å². The molecule has 0 bridgehead atoms. The number of rotatable bonds is 3. The summed E-state index contributed by atoms with van der Waals surface area (Å²) in [4.78, 5) is 21.2. The number of primary amides is 1. The van der Waals surface area contributed by atoms with Crippen LogP contribution in [0.1, 0.15) is 5.56 Å². The third-order valence-corrected chi connectivity index (χ3v) is 1.91. The van der Waals surface area contributed by atoms with E-state index in [1.165, 1.54) is 12.1 Å². The molecule has 0 atom stereocenters. The van der Waals surface area contributed by atoms with Gasteiger partial charge in [-0.2, -0.15) is 0 Å². The normalized spacial score (nSPS) is 9.67. The maximum atomic E-state index is 10.6. The second-order valence-corrected chi connectivity index (χ2v) is 3.30. The summed E-state index contributed by atoms with van der Waals surface area (Å²) in [7, 11) is 0. The summed E-state index contributed by atoms with van der Waals surface area (Å²) in [6.45, 7) is 0. The minimum Gasteiger partial charge on any atom is -0.481 e. The van der Waals surface area contributed by atoms with E-state index in [1.807, 2.05) is 0 Å². The zero-order valence-electron chi connectivity index (χ0n) is 7.66. The number of carboxylic acids is 1. The fourth-order valence-electron chi connectivity index (χ4n) is 1.11. The maximum Gasteiger partial charge on any atom is 0.316 e. The summed E-state index contributed by atoms with van der Waals surface area (Å²) in [5.41, 5.74) is 5.70. The standard InChI is InChI=1S/C9H9ClN2O3/c10-6-2-1-5(3-8(13)14)7(4-6)12-9(11)15/h1-2,4H,3H2,(H,13,14)(H3,11,12,15). The quantitative estimate of drug-likeness (QED) is 0.731. The number of halogens is 1. The molecule has 0 radical (unpaired) electrons. The van der Waals surface area contributed by atoms with E-state index in [4.69, 9.17) is 22.4 Å². The fraction of sp³-hybridized carbons (Fsp3) is 0.111. The molecule has 0 aromatic heterocycles. The summed E-state index contributed by atoms with van der Waals surface area (Å²) in [5, 5.41) is 11.3. The number of urea groups is 1. The lowest BCUT2D eigenvalue weighted by Gasteiger charge is -2.08. The van der Waals surface area contributed by atoms with Crippen molar-refractivity contribution in [2.45, 2.75) is 6.42 Å². The zero-order chi connectivity index (χ0) is 11.4. The van der Waals surface area contributed by atoms with Gasteiger partial charge in [0.25, 0.3) is 0 Å². The Kier molecular flexibility index (Phi) is 3.51. The Morgan fingerprint density at radius 1 is 1.47 bits per heavy atom. The van der Waals surface area contributed by atoms with E-state index < -0.39 is 12.0 Å². The molecule has 0 saturated heterocycles. The fourth-order valence-corrected chi connectivity index (χ4v) is 1.29. The number of benzene rings is 1. The van der Waals surface area contributed by atoms with Crippen LogP contribution in [0.4, 0.5) is 10.5 Å². The highest BCUT2D eigenvalue weighted by Crippen LogP contribution is 2.21. The molecule has 0 heterocycles. The molecule has 1 aromatic carbocycles. The molecular weight excluding hydrogens is 220 g/mol. The van der Waals surface area contributed by atoms with Crippen LogP contribution in [0.3, 0.4) is 0 Å². The first-order valence-corrected chi connectivity index (χ1v) is 4.43. The van der Waals surface area contributed by atoms with Crippen molar-refractivity contribution in [3.63, 3.8) is 0 Å². The first kappa shape index (κ1) is 11.3. The molecule has 0 unspecified atom stereocenters. The van der Waals surface area contributed by atoms with Gasteiger partial charge in [0, 0.05) is 10.7 Å². The van der Waals surface area contributed by atoms with Crippen molar-refractivity contribution >= 4 is 29.3 Å². The molecule has 2 amide bonds. The minimum atomic E-state index is -0.996. The number of hydrogen-bond donors (Lipinski definition) is 3. The Morgan fingerprint density at radius 3 is 2.67 bits per heavy atom. The van der Waals surface area contributed by atoms with E-state index >= 15 is 0 Å². The highest BCUT2D eigenvalue weighted by Gasteiger charge is 2.08. The van der Waals surface area contributed by atoms with Crippen LogP contribution in [-0.4, -0.2) is 17.1 Å². The van der Waals surface area contributed by atoms with Gasteiger partial charge in [-0.05, 0) is 17.7 Å². The lowest BCUT2D eigenvalue weighted by molar-refractivity contribution is -0.136. The van der Waals surface area contributed by atoms with Gasteiger partial charge in [-0.15, -0.1) is 0 Å². The van der Waals surface area contributed by atoms with Gasteiger partial charge in [0.05, 0.1) is 6.42 Å². The number of carboxylic acid groups (broad SMARTS) is 1. The molecule has 15 heavy (non-hydrogen) atoms. The second-order valence-electron chi connectivity index (χ2n) is 2.86. The SMILES string of the molecule is NC(=O)Nc1cc(Cl)ccc1CC(=O)O. The van der Waals surface area contributed by atoms with Crippen LogP contribution in [0.5, 0.6) is 0 Å². The summed E-state index contributed by atoms with van der Waals surface area (Å²) < 4.78 is 0. The van der Waals surface area contributed by atoms with Gasteiger partial charge >= 0.3 is 12.0 Å². The van der Waals surface area contributed by atoms with Crippen molar-refractivity contribution < 1.29 is 14.7 Å². The van der Waals surface area contributed by atoms with Crippen LogP contribution in [0.15, 0.2) is 18.2 Å². The number of nitrogens with one attached hydrogen (secondary N) is 1. The minimum absolute atomic E-state index is 0.202. The number of amides is 2. The van der Waals surface area contributed by atoms with Gasteiger partial charge in [-0.1, -0.05) is 17.7 Å². The van der Waals surface area contributed by atoms with Crippen molar-refractivity contribution in [2.75, 3.05) is 5.32 Å². The molecule has 1 aromatic rings. The summed E-state index contributed by atoms with van der Waals surface area (Å²) >= 11 is 5.70. The number of anilines is 1. The van der Waals surface area contributed by atoms with Crippen molar-refractivity contribution in [1.29, 1.82) is 0 Å². The number of nitrogens with two attached hydrogens (primary N) is 1. The second kappa shape index (κ2) is 4.65. The van der Waals surface area contributed by atoms with Crippen LogP contribution in [0.25, 0.3) is 0 Å².